The van der Waals surface area contributed by atoms with Crippen molar-refractivity contribution in [1.29, 1.82) is 0 Å². The van der Waals surface area contributed by atoms with Gasteiger partial charge in [0.25, 0.3) is 5.56 Å². The van der Waals surface area contributed by atoms with Crippen LogP contribution in [0.1, 0.15) is 0 Å². The van der Waals surface area contributed by atoms with Gasteiger partial charge in [0.05, 0.1) is 4.88 Å². The molecule has 0 aliphatic rings. The van der Waals surface area contributed by atoms with Crippen molar-refractivity contribution >= 4 is 28.6 Å². The van der Waals surface area contributed by atoms with E-state index in [4.69, 9.17) is 5.73 Å². The fraction of sp³-hybridized carbons (Fsp3) is 0.0455. The number of aromatic nitrogens is 2. The third-order valence-electron chi connectivity index (χ3n) is 4.35. The zero-order chi connectivity index (χ0) is 20.2. The van der Waals surface area contributed by atoms with Crippen molar-refractivity contribution in [3.8, 4) is 21.7 Å². The van der Waals surface area contributed by atoms with E-state index in [0.29, 0.717) is 11.4 Å². The van der Waals surface area contributed by atoms with Gasteiger partial charge in [-0.05, 0) is 29.1 Å². The monoisotopic (exact) mass is 402 g/mol. The minimum Gasteiger partial charge on any atom is -0.394 e. The molecule has 0 spiro atoms. The largest absolute Gasteiger partial charge is 0.394 e. The second-order valence-corrected chi connectivity index (χ2v) is 7.33. The number of hydrogen-bond acceptors (Lipinski definition) is 5. The molecule has 2 aromatic carbocycles. The summed E-state index contributed by atoms with van der Waals surface area (Å²) in [6, 6.07) is 22.6. The summed E-state index contributed by atoms with van der Waals surface area (Å²) in [7, 11) is 0. The van der Waals surface area contributed by atoms with Crippen LogP contribution in [0, 0.1) is 0 Å². The number of carbonyl (C=O) groups is 1. The van der Waals surface area contributed by atoms with Gasteiger partial charge in [-0.2, -0.15) is 5.10 Å². The molecule has 0 fully saturated rings. The molecular formula is C22H18N4O2S. The Hall–Kier alpha value is -3.71. The van der Waals surface area contributed by atoms with Crippen LogP contribution < -0.4 is 16.6 Å². The molecule has 0 unspecified atom stereocenters. The van der Waals surface area contributed by atoms with E-state index in [0.717, 1.165) is 20.7 Å². The highest BCUT2D eigenvalue weighted by molar-refractivity contribution is 7.13. The number of nitrogens with two attached hydrogens (primary N) is 1. The smallest absolute Gasteiger partial charge is 0.290 e. The van der Waals surface area contributed by atoms with Crippen molar-refractivity contribution < 1.29 is 4.79 Å². The first kappa shape index (κ1) is 18.6. The minimum absolute atomic E-state index is 0.0564. The predicted octanol–water partition coefficient (Wildman–Crippen LogP) is 3.86. The summed E-state index contributed by atoms with van der Waals surface area (Å²) in [6.45, 7) is -0.231. The third-order valence-corrected chi connectivity index (χ3v) is 5.25. The van der Waals surface area contributed by atoms with Crippen LogP contribution in [-0.2, 0) is 11.3 Å². The van der Waals surface area contributed by atoms with Gasteiger partial charge in [0.2, 0.25) is 5.91 Å². The molecule has 144 valence electrons. The van der Waals surface area contributed by atoms with Gasteiger partial charge in [-0.3, -0.25) is 9.59 Å². The summed E-state index contributed by atoms with van der Waals surface area (Å²) in [5.74, 6) is -0.356. The third kappa shape index (κ3) is 4.09. The molecule has 4 rings (SSSR count). The summed E-state index contributed by atoms with van der Waals surface area (Å²) in [5.41, 5.74) is 8.54. The Balaban J connectivity index is 1.60. The normalized spacial score (nSPS) is 10.6. The molecule has 6 nitrogen and oxygen atoms in total. The molecule has 29 heavy (non-hydrogen) atoms. The standard InChI is InChI=1S/C22H18N4O2S/c23-17-13-19(20-11-6-12-29-20)25-26(22(17)28)14-21(27)24-18-10-5-4-9-16(18)15-7-2-1-3-8-15/h1-13H,14,23H2,(H,24,27). The topological polar surface area (TPSA) is 90.0 Å². The van der Waals surface area contributed by atoms with E-state index in [1.165, 1.54) is 17.4 Å². The van der Waals surface area contributed by atoms with Crippen molar-refractivity contribution in [2.45, 2.75) is 6.54 Å². The molecule has 0 radical (unpaired) electrons. The lowest BCUT2D eigenvalue weighted by Gasteiger charge is -2.12. The van der Waals surface area contributed by atoms with Crippen molar-refractivity contribution in [1.82, 2.24) is 9.78 Å². The van der Waals surface area contributed by atoms with Gasteiger partial charge >= 0.3 is 0 Å². The first-order chi connectivity index (χ1) is 14.1. The van der Waals surface area contributed by atoms with Crippen LogP contribution in [0.15, 0.2) is 83.0 Å². The SMILES string of the molecule is Nc1cc(-c2cccs2)nn(CC(=O)Nc2ccccc2-c2ccccc2)c1=O. The van der Waals surface area contributed by atoms with E-state index in [-0.39, 0.29) is 18.1 Å². The Morgan fingerprint density at radius 2 is 1.79 bits per heavy atom. The number of hydrogen-bond donors (Lipinski definition) is 2. The molecule has 2 aromatic heterocycles. The van der Waals surface area contributed by atoms with Gasteiger partial charge in [0.1, 0.15) is 17.9 Å². The van der Waals surface area contributed by atoms with E-state index < -0.39 is 5.56 Å². The Morgan fingerprint density at radius 3 is 2.55 bits per heavy atom. The number of benzene rings is 2. The molecule has 0 saturated carbocycles. The number of amides is 1. The Labute approximate surface area is 171 Å². The highest BCUT2D eigenvalue weighted by atomic mass is 32.1. The highest BCUT2D eigenvalue weighted by Gasteiger charge is 2.13. The maximum absolute atomic E-state index is 12.7. The molecular weight excluding hydrogens is 384 g/mol. The number of rotatable bonds is 5. The van der Waals surface area contributed by atoms with Crippen molar-refractivity contribution in [2.24, 2.45) is 0 Å². The number of nitrogens with one attached hydrogen (secondary N) is 1. The first-order valence-electron chi connectivity index (χ1n) is 8.97. The number of nitrogens with zero attached hydrogens (tertiary/aromatic N) is 2. The zero-order valence-electron chi connectivity index (χ0n) is 15.4. The molecule has 4 aromatic rings. The van der Waals surface area contributed by atoms with Gasteiger partial charge in [-0.25, -0.2) is 4.68 Å². The summed E-state index contributed by atoms with van der Waals surface area (Å²) >= 11 is 1.49. The zero-order valence-corrected chi connectivity index (χ0v) is 16.2. The molecule has 2 heterocycles. The maximum Gasteiger partial charge on any atom is 0.290 e. The highest BCUT2D eigenvalue weighted by Crippen LogP contribution is 2.27. The van der Waals surface area contributed by atoms with Gasteiger partial charge in [-0.15, -0.1) is 11.3 Å². The molecule has 0 aliphatic carbocycles. The molecule has 7 heteroatoms. The van der Waals surface area contributed by atoms with Gasteiger partial charge in [0, 0.05) is 11.3 Å². The van der Waals surface area contributed by atoms with Crippen LogP contribution in [0.4, 0.5) is 11.4 Å². The molecule has 0 bridgehead atoms. The first-order valence-corrected chi connectivity index (χ1v) is 9.85. The van der Waals surface area contributed by atoms with Crippen LogP contribution in [0.2, 0.25) is 0 Å². The minimum atomic E-state index is -0.489. The van der Waals surface area contributed by atoms with E-state index in [1.54, 1.807) is 0 Å². The molecule has 0 atom stereocenters. The summed E-state index contributed by atoms with van der Waals surface area (Å²) < 4.78 is 1.10. The number of anilines is 2. The lowest BCUT2D eigenvalue weighted by atomic mass is 10.0. The van der Waals surface area contributed by atoms with E-state index in [1.807, 2.05) is 72.1 Å². The van der Waals surface area contributed by atoms with Crippen molar-refractivity contribution in [3.63, 3.8) is 0 Å². The maximum atomic E-state index is 12.7. The fourth-order valence-electron chi connectivity index (χ4n) is 3.00. The average Bonchev–Trinajstić information content (AvgIpc) is 3.27. The Morgan fingerprint density at radius 1 is 1.03 bits per heavy atom. The number of carbonyl (C=O) groups excluding carboxylic acids is 1. The lowest BCUT2D eigenvalue weighted by molar-refractivity contribution is -0.117. The van der Waals surface area contributed by atoms with Crippen LogP contribution in [0.5, 0.6) is 0 Å². The average molecular weight is 402 g/mol. The molecule has 0 aliphatic heterocycles. The number of nitrogen functional groups attached to an aromatic ring is 1. The van der Waals surface area contributed by atoms with Gasteiger partial charge in [-0.1, -0.05) is 54.6 Å². The van der Waals surface area contributed by atoms with Gasteiger partial charge < -0.3 is 11.1 Å². The lowest BCUT2D eigenvalue weighted by Crippen LogP contribution is -2.31. The quantitative estimate of drug-likeness (QED) is 0.530. The Kier molecular flexibility index (Phi) is 5.22. The predicted molar refractivity (Wildman–Crippen MR) is 117 cm³/mol. The fourth-order valence-corrected chi connectivity index (χ4v) is 3.68. The van der Waals surface area contributed by atoms with E-state index >= 15 is 0 Å². The van der Waals surface area contributed by atoms with Crippen molar-refractivity contribution in [2.75, 3.05) is 11.1 Å². The molecule has 3 N–H and O–H groups in total. The van der Waals surface area contributed by atoms with E-state index in [9.17, 15) is 9.59 Å². The second kappa shape index (κ2) is 8.12. The summed E-state index contributed by atoms with van der Waals surface area (Å²) in [6.07, 6.45) is 0. The van der Waals surface area contributed by atoms with Crippen LogP contribution >= 0.6 is 11.3 Å². The summed E-state index contributed by atoms with van der Waals surface area (Å²) in [5, 5.41) is 9.11. The van der Waals surface area contributed by atoms with Crippen LogP contribution in [-0.4, -0.2) is 15.7 Å². The van der Waals surface area contributed by atoms with Crippen LogP contribution in [0.25, 0.3) is 21.7 Å². The van der Waals surface area contributed by atoms with Gasteiger partial charge in [0.15, 0.2) is 0 Å². The molecule has 1 amide bonds. The Bertz CT molecular complexity index is 1200. The van der Waals surface area contributed by atoms with E-state index in [2.05, 4.69) is 10.4 Å². The van der Waals surface area contributed by atoms with Crippen molar-refractivity contribution in [3.05, 3.63) is 88.5 Å². The molecule has 0 saturated heterocycles. The number of thiophene rings is 1. The number of para-hydroxylation sites is 1. The van der Waals surface area contributed by atoms with Crippen LogP contribution in [0.3, 0.4) is 0 Å². The second-order valence-electron chi connectivity index (χ2n) is 6.38. The summed E-state index contributed by atoms with van der Waals surface area (Å²) in [4.78, 5) is 25.9.